The van der Waals surface area contributed by atoms with Crippen molar-refractivity contribution in [3.05, 3.63) is 23.9 Å². The number of esters is 1. The van der Waals surface area contributed by atoms with Crippen LogP contribution in [-0.4, -0.2) is 36.6 Å². The van der Waals surface area contributed by atoms with Gasteiger partial charge < -0.3 is 14.4 Å². The van der Waals surface area contributed by atoms with Gasteiger partial charge in [-0.1, -0.05) is 10.3 Å². The summed E-state index contributed by atoms with van der Waals surface area (Å²) >= 11 is 0. The number of methoxy groups -OCH3 is 1. The Kier molecular flexibility index (Phi) is 5.46. The van der Waals surface area contributed by atoms with Gasteiger partial charge in [-0.25, -0.2) is 9.78 Å². The van der Waals surface area contributed by atoms with Crippen molar-refractivity contribution in [1.29, 1.82) is 0 Å². The van der Waals surface area contributed by atoms with Crippen molar-refractivity contribution in [3.8, 4) is 5.88 Å². The van der Waals surface area contributed by atoms with Gasteiger partial charge in [-0.15, -0.1) is 0 Å². The van der Waals surface area contributed by atoms with Crippen LogP contribution < -0.4 is 4.84 Å². The van der Waals surface area contributed by atoms with Crippen molar-refractivity contribution in [2.75, 3.05) is 14.2 Å². The minimum absolute atomic E-state index is 0.0444. The first-order valence-electron chi connectivity index (χ1n) is 5.43. The number of carbonyl (C=O) groups is 1. The normalized spacial score (nSPS) is 10.6. The molecule has 0 saturated carbocycles. The molecule has 0 spiro atoms. The summed E-state index contributed by atoms with van der Waals surface area (Å²) < 4.78 is 4.63. The molecule has 0 N–H and O–H groups in total. The van der Waals surface area contributed by atoms with Crippen molar-refractivity contribution in [2.24, 2.45) is 10.3 Å². The van der Waals surface area contributed by atoms with Crippen LogP contribution in [0.2, 0.25) is 0 Å². The fraction of sp³-hybridized carbons (Fsp3) is 0.333. The van der Waals surface area contributed by atoms with E-state index in [2.05, 4.69) is 24.9 Å². The van der Waals surface area contributed by atoms with Crippen LogP contribution in [0.1, 0.15) is 19.4 Å². The van der Waals surface area contributed by atoms with E-state index in [1.807, 2.05) is 0 Å². The van der Waals surface area contributed by atoms with E-state index >= 15 is 0 Å². The third kappa shape index (κ3) is 4.06. The molecule has 0 atom stereocenters. The Morgan fingerprint density at radius 1 is 1.26 bits per heavy atom. The summed E-state index contributed by atoms with van der Waals surface area (Å²) in [7, 11) is 2.58. The summed E-state index contributed by atoms with van der Waals surface area (Å²) in [5.41, 5.74) is 0.998. The average molecular weight is 265 g/mol. The van der Waals surface area contributed by atoms with Gasteiger partial charge in [-0.2, -0.15) is 0 Å². The summed E-state index contributed by atoms with van der Waals surface area (Å²) in [4.78, 5) is 25.4. The molecule has 0 aliphatic rings. The number of nitrogens with zero attached hydrogens (tertiary/aromatic N) is 3. The lowest BCUT2D eigenvalue weighted by atomic mass is 10.1. The van der Waals surface area contributed by atoms with Gasteiger partial charge in [0.2, 0.25) is 0 Å². The minimum Gasteiger partial charge on any atom is -0.464 e. The number of carbonyl (C=O) groups excluding carboxylic acids is 1. The van der Waals surface area contributed by atoms with E-state index in [0.717, 1.165) is 0 Å². The van der Waals surface area contributed by atoms with Gasteiger partial charge in [0.1, 0.15) is 7.11 Å². The van der Waals surface area contributed by atoms with E-state index in [-0.39, 0.29) is 11.6 Å². The van der Waals surface area contributed by atoms with Crippen LogP contribution in [0.5, 0.6) is 5.88 Å². The highest BCUT2D eigenvalue weighted by molar-refractivity contribution is 6.43. The molecule has 1 heterocycles. The summed E-state index contributed by atoms with van der Waals surface area (Å²) in [6.45, 7) is 3.54. The number of hydrogen-bond donors (Lipinski definition) is 0. The molecule has 0 fully saturated rings. The number of ether oxygens (including phenoxy) is 1. The molecule has 0 amide bonds. The molecule has 0 aromatic carbocycles. The van der Waals surface area contributed by atoms with Gasteiger partial charge >= 0.3 is 5.97 Å². The summed E-state index contributed by atoms with van der Waals surface area (Å²) in [5, 5.41) is 7.42. The Balaban J connectivity index is 3.20. The van der Waals surface area contributed by atoms with Crippen molar-refractivity contribution in [1.82, 2.24) is 4.98 Å². The molecule has 1 aromatic rings. The quantitative estimate of drug-likeness (QED) is 0.456. The van der Waals surface area contributed by atoms with Crippen molar-refractivity contribution >= 4 is 17.4 Å². The number of pyridine rings is 1. The van der Waals surface area contributed by atoms with Gasteiger partial charge in [-0.05, 0) is 26.0 Å². The fourth-order valence-electron chi connectivity index (χ4n) is 1.16. The molecule has 0 saturated heterocycles. The topological polar surface area (TPSA) is 82.4 Å². The third-order valence-electron chi connectivity index (χ3n) is 1.90. The number of oxime groups is 2. The Morgan fingerprint density at radius 3 is 2.58 bits per heavy atom. The predicted molar refractivity (Wildman–Crippen MR) is 69.2 cm³/mol. The maximum absolute atomic E-state index is 11.6. The molecular weight excluding hydrogens is 250 g/mol. The zero-order chi connectivity index (χ0) is 14.3. The van der Waals surface area contributed by atoms with E-state index in [1.165, 1.54) is 20.4 Å². The Labute approximate surface area is 110 Å². The predicted octanol–water partition coefficient (Wildman–Crippen LogP) is 1.38. The number of rotatable bonds is 5. The standard InChI is InChI=1S/C12H15N3O4/c1-8(2)14-19-11-9(6-5-7-13-11)10(15-18-4)12(16)17-3/h5-7H,1-4H3/b15-10+. The van der Waals surface area contributed by atoms with Gasteiger partial charge in [-0.3, -0.25) is 0 Å². The van der Waals surface area contributed by atoms with Crippen molar-refractivity contribution < 1.29 is 19.2 Å². The second-order valence-electron chi connectivity index (χ2n) is 3.60. The van der Waals surface area contributed by atoms with Crippen LogP contribution in [0.4, 0.5) is 0 Å². The maximum Gasteiger partial charge on any atom is 0.360 e. The molecule has 7 nitrogen and oxygen atoms in total. The first kappa shape index (κ1) is 14.6. The van der Waals surface area contributed by atoms with Gasteiger partial charge in [0.05, 0.1) is 18.4 Å². The second kappa shape index (κ2) is 7.10. The molecule has 0 aliphatic carbocycles. The zero-order valence-electron chi connectivity index (χ0n) is 11.2. The molecule has 1 aromatic heterocycles. The summed E-state index contributed by atoms with van der Waals surface area (Å²) in [5.74, 6) is -0.512. The van der Waals surface area contributed by atoms with E-state index in [4.69, 9.17) is 4.84 Å². The monoisotopic (exact) mass is 265 g/mol. The lowest BCUT2D eigenvalue weighted by molar-refractivity contribution is -0.132. The lowest BCUT2D eigenvalue weighted by Crippen LogP contribution is -2.18. The van der Waals surface area contributed by atoms with Crippen LogP contribution in [0.15, 0.2) is 28.6 Å². The van der Waals surface area contributed by atoms with Crippen LogP contribution >= 0.6 is 0 Å². The highest BCUT2D eigenvalue weighted by atomic mass is 16.6. The molecule has 7 heteroatoms. The second-order valence-corrected chi connectivity index (χ2v) is 3.60. The molecule has 0 aliphatic heterocycles. The lowest BCUT2D eigenvalue weighted by Gasteiger charge is -2.07. The van der Waals surface area contributed by atoms with E-state index < -0.39 is 5.97 Å². The van der Waals surface area contributed by atoms with E-state index in [0.29, 0.717) is 11.3 Å². The Bertz CT molecular complexity index is 507. The number of aromatic nitrogens is 1. The molecule has 0 radical (unpaired) electrons. The molecule has 1 rings (SSSR count). The smallest absolute Gasteiger partial charge is 0.360 e. The van der Waals surface area contributed by atoms with Crippen molar-refractivity contribution in [3.63, 3.8) is 0 Å². The zero-order valence-corrected chi connectivity index (χ0v) is 11.2. The largest absolute Gasteiger partial charge is 0.464 e. The first-order chi connectivity index (χ1) is 9.10. The van der Waals surface area contributed by atoms with E-state index in [1.54, 1.807) is 26.0 Å². The van der Waals surface area contributed by atoms with Crippen LogP contribution in [0.3, 0.4) is 0 Å². The Hall–Kier alpha value is -2.44. The van der Waals surface area contributed by atoms with Gasteiger partial charge in [0.15, 0.2) is 5.71 Å². The molecule has 0 unspecified atom stereocenters. The molecule has 19 heavy (non-hydrogen) atoms. The van der Waals surface area contributed by atoms with Gasteiger partial charge in [0.25, 0.3) is 5.88 Å². The molecule has 0 bridgehead atoms. The van der Waals surface area contributed by atoms with Crippen LogP contribution in [0, 0.1) is 0 Å². The first-order valence-corrected chi connectivity index (χ1v) is 5.43. The number of hydrogen-bond acceptors (Lipinski definition) is 7. The highest BCUT2D eigenvalue weighted by Gasteiger charge is 2.21. The van der Waals surface area contributed by atoms with Gasteiger partial charge in [0, 0.05) is 6.20 Å². The maximum atomic E-state index is 11.6. The molecule has 102 valence electrons. The average Bonchev–Trinajstić information content (AvgIpc) is 2.42. The molecular formula is C12H15N3O4. The minimum atomic E-state index is -0.656. The van der Waals surface area contributed by atoms with E-state index in [9.17, 15) is 4.79 Å². The summed E-state index contributed by atoms with van der Waals surface area (Å²) in [6.07, 6.45) is 1.51. The Morgan fingerprint density at radius 2 is 2.00 bits per heavy atom. The van der Waals surface area contributed by atoms with Crippen LogP contribution in [0.25, 0.3) is 0 Å². The highest BCUT2D eigenvalue weighted by Crippen LogP contribution is 2.17. The third-order valence-corrected chi connectivity index (χ3v) is 1.90. The fourth-order valence-corrected chi connectivity index (χ4v) is 1.16. The van der Waals surface area contributed by atoms with Crippen LogP contribution in [-0.2, 0) is 14.4 Å². The van der Waals surface area contributed by atoms with Crippen molar-refractivity contribution in [2.45, 2.75) is 13.8 Å². The summed E-state index contributed by atoms with van der Waals surface area (Å²) in [6, 6.07) is 3.25. The SMILES string of the molecule is CO/N=C(/C(=O)OC)c1cccnc1ON=C(C)C.